The van der Waals surface area contributed by atoms with Crippen LogP contribution in [-0.2, 0) is 6.54 Å². The van der Waals surface area contributed by atoms with Gasteiger partial charge >= 0.3 is 0 Å². The molecule has 1 aromatic heterocycles. The SMILES string of the molecule is CCCn1nccc1C(N)C(C)C1CC1. The summed E-state index contributed by atoms with van der Waals surface area (Å²) in [5.74, 6) is 1.45. The van der Waals surface area contributed by atoms with Gasteiger partial charge in [0.2, 0.25) is 0 Å². The highest BCUT2D eigenvalue weighted by atomic mass is 15.3. The van der Waals surface area contributed by atoms with Crippen LogP contribution in [0.4, 0.5) is 0 Å². The van der Waals surface area contributed by atoms with Gasteiger partial charge in [-0.2, -0.15) is 5.10 Å². The molecule has 0 aliphatic heterocycles. The number of hydrogen-bond acceptors (Lipinski definition) is 2. The maximum Gasteiger partial charge on any atom is 0.0554 e. The molecule has 3 nitrogen and oxygen atoms in total. The molecule has 1 aromatic rings. The Labute approximate surface area is 91.7 Å². The van der Waals surface area contributed by atoms with Gasteiger partial charge in [0.15, 0.2) is 0 Å². The van der Waals surface area contributed by atoms with Crippen LogP contribution in [0.5, 0.6) is 0 Å². The fraction of sp³-hybridized carbons (Fsp3) is 0.750. The van der Waals surface area contributed by atoms with Crippen LogP contribution < -0.4 is 5.73 Å². The van der Waals surface area contributed by atoms with Crippen molar-refractivity contribution in [1.82, 2.24) is 9.78 Å². The van der Waals surface area contributed by atoms with Crippen LogP contribution in [0.2, 0.25) is 0 Å². The topological polar surface area (TPSA) is 43.8 Å². The summed E-state index contributed by atoms with van der Waals surface area (Å²) >= 11 is 0. The van der Waals surface area contributed by atoms with Crippen LogP contribution in [0.25, 0.3) is 0 Å². The molecule has 1 fully saturated rings. The quantitative estimate of drug-likeness (QED) is 0.805. The van der Waals surface area contributed by atoms with Crippen molar-refractivity contribution in [2.75, 3.05) is 0 Å². The van der Waals surface area contributed by atoms with Gasteiger partial charge in [-0.15, -0.1) is 0 Å². The van der Waals surface area contributed by atoms with Gasteiger partial charge < -0.3 is 5.73 Å². The molecule has 0 bridgehead atoms. The maximum atomic E-state index is 6.29. The van der Waals surface area contributed by atoms with E-state index in [1.807, 2.05) is 6.20 Å². The molecule has 1 heterocycles. The minimum absolute atomic E-state index is 0.159. The largest absolute Gasteiger partial charge is 0.322 e. The van der Waals surface area contributed by atoms with Gasteiger partial charge in [-0.1, -0.05) is 13.8 Å². The van der Waals surface area contributed by atoms with Crippen LogP contribution >= 0.6 is 0 Å². The highest BCUT2D eigenvalue weighted by molar-refractivity contribution is 5.09. The number of nitrogens with two attached hydrogens (primary N) is 1. The first kappa shape index (κ1) is 10.7. The zero-order valence-electron chi connectivity index (χ0n) is 9.69. The van der Waals surface area contributed by atoms with Crippen molar-refractivity contribution in [3.8, 4) is 0 Å². The van der Waals surface area contributed by atoms with Crippen LogP contribution in [0.1, 0.15) is 44.8 Å². The summed E-state index contributed by atoms with van der Waals surface area (Å²) in [7, 11) is 0. The van der Waals surface area contributed by atoms with E-state index < -0.39 is 0 Å². The second kappa shape index (κ2) is 4.35. The first-order valence-corrected chi connectivity index (χ1v) is 6.01. The van der Waals surface area contributed by atoms with Crippen molar-refractivity contribution >= 4 is 0 Å². The first-order chi connectivity index (χ1) is 7.24. The second-order valence-electron chi connectivity index (χ2n) is 4.70. The predicted octanol–water partition coefficient (Wildman–Crippen LogP) is 2.34. The van der Waals surface area contributed by atoms with Crippen molar-refractivity contribution in [2.24, 2.45) is 17.6 Å². The van der Waals surface area contributed by atoms with Gasteiger partial charge in [-0.3, -0.25) is 4.68 Å². The third-order valence-corrected chi connectivity index (χ3v) is 3.46. The monoisotopic (exact) mass is 207 g/mol. The molecule has 0 aromatic carbocycles. The normalized spacial score (nSPS) is 20.2. The Hall–Kier alpha value is -0.830. The molecular formula is C12H21N3. The molecule has 15 heavy (non-hydrogen) atoms. The summed E-state index contributed by atoms with van der Waals surface area (Å²) in [5, 5.41) is 4.33. The highest BCUT2D eigenvalue weighted by Crippen LogP contribution is 2.41. The van der Waals surface area contributed by atoms with E-state index in [4.69, 9.17) is 5.73 Å². The molecule has 2 rings (SSSR count). The molecule has 3 heteroatoms. The summed E-state index contributed by atoms with van der Waals surface area (Å²) in [4.78, 5) is 0. The van der Waals surface area contributed by atoms with E-state index in [9.17, 15) is 0 Å². The molecule has 1 aliphatic rings. The van der Waals surface area contributed by atoms with E-state index in [0.29, 0.717) is 5.92 Å². The fourth-order valence-corrected chi connectivity index (χ4v) is 2.21. The highest BCUT2D eigenvalue weighted by Gasteiger charge is 2.33. The number of aromatic nitrogens is 2. The van der Waals surface area contributed by atoms with E-state index in [-0.39, 0.29) is 6.04 Å². The van der Waals surface area contributed by atoms with Crippen molar-refractivity contribution in [1.29, 1.82) is 0 Å². The third kappa shape index (κ3) is 2.23. The average molecular weight is 207 g/mol. The minimum atomic E-state index is 0.159. The molecule has 1 saturated carbocycles. The molecule has 0 amide bonds. The van der Waals surface area contributed by atoms with E-state index in [0.717, 1.165) is 18.9 Å². The van der Waals surface area contributed by atoms with Crippen molar-refractivity contribution in [2.45, 2.75) is 45.7 Å². The van der Waals surface area contributed by atoms with Gasteiger partial charge in [0.05, 0.1) is 5.69 Å². The summed E-state index contributed by atoms with van der Waals surface area (Å²) < 4.78 is 2.06. The van der Waals surface area contributed by atoms with Gasteiger partial charge in [-0.25, -0.2) is 0 Å². The summed E-state index contributed by atoms with van der Waals surface area (Å²) in [6.45, 7) is 5.42. The summed E-state index contributed by atoms with van der Waals surface area (Å²) in [6.07, 6.45) is 5.69. The molecule has 2 N–H and O–H groups in total. The molecule has 84 valence electrons. The number of hydrogen-bond donors (Lipinski definition) is 1. The van der Waals surface area contributed by atoms with Crippen molar-refractivity contribution in [3.63, 3.8) is 0 Å². The molecule has 0 spiro atoms. The van der Waals surface area contributed by atoms with E-state index in [1.54, 1.807) is 0 Å². The second-order valence-corrected chi connectivity index (χ2v) is 4.70. The van der Waals surface area contributed by atoms with E-state index in [2.05, 4.69) is 29.7 Å². The van der Waals surface area contributed by atoms with Crippen LogP contribution in [0.3, 0.4) is 0 Å². The molecule has 0 radical (unpaired) electrons. The smallest absolute Gasteiger partial charge is 0.0554 e. The Balaban J connectivity index is 2.09. The van der Waals surface area contributed by atoms with Gasteiger partial charge in [-0.05, 0) is 37.2 Å². The average Bonchev–Trinajstić information content (AvgIpc) is 2.98. The number of rotatable bonds is 5. The van der Waals surface area contributed by atoms with Crippen LogP contribution in [0, 0.1) is 11.8 Å². The van der Waals surface area contributed by atoms with Gasteiger partial charge in [0.25, 0.3) is 0 Å². The lowest BCUT2D eigenvalue weighted by atomic mass is 9.95. The Morgan fingerprint density at radius 3 is 2.93 bits per heavy atom. The van der Waals surface area contributed by atoms with Crippen LogP contribution in [-0.4, -0.2) is 9.78 Å². The zero-order valence-corrected chi connectivity index (χ0v) is 9.69. The standard InChI is InChI=1S/C12H21N3/c1-3-8-15-11(6-7-14-15)12(13)9(2)10-4-5-10/h6-7,9-10,12H,3-5,8,13H2,1-2H3. The van der Waals surface area contributed by atoms with Crippen molar-refractivity contribution < 1.29 is 0 Å². The Morgan fingerprint density at radius 1 is 1.60 bits per heavy atom. The predicted molar refractivity (Wildman–Crippen MR) is 61.3 cm³/mol. The lowest BCUT2D eigenvalue weighted by molar-refractivity contribution is 0.390. The van der Waals surface area contributed by atoms with Gasteiger partial charge in [0, 0.05) is 18.8 Å². The molecule has 0 saturated heterocycles. The first-order valence-electron chi connectivity index (χ1n) is 6.01. The Morgan fingerprint density at radius 2 is 2.33 bits per heavy atom. The Kier molecular flexibility index (Phi) is 3.10. The zero-order chi connectivity index (χ0) is 10.8. The van der Waals surface area contributed by atoms with Crippen LogP contribution in [0.15, 0.2) is 12.3 Å². The fourth-order valence-electron chi connectivity index (χ4n) is 2.21. The third-order valence-electron chi connectivity index (χ3n) is 3.46. The lowest BCUT2D eigenvalue weighted by Crippen LogP contribution is -2.24. The maximum absolute atomic E-state index is 6.29. The Bertz CT molecular complexity index is 314. The van der Waals surface area contributed by atoms with E-state index in [1.165, 1.54) is 18.5 Å². The molecule has 1 aliphatic carbocycles. The van der Waals surface area contributed by atoms with Gasteiger partial charge in [0.1, 0.15) is 0 Å². The minimum Gasteiger partial charge on any atom is -0.322 e. The molecule has 2 unspecified atom stereocenters. The summed E-state index contributed by atoms with van der Waals surface area (Å²) in [6, 6.07) is 2.23. The lowest BCUT2D eigenvalue weighted by Gasteiger charge is -2.20. The molecular weight excluding hydrogens is 186 g/mol. The number of aryl methyl sites for hydroxylation is 1. The van der Waals surface area contributed by atoms with Crippen molar-refractivity contribution in [3.05, 3.63) is 18.0 Å². The van der Waals surface area contributed by atoms with E-state index >= 15 is 0 Å². The molecule has 2 atom stereocenters. The summed E-state index contributed by atoms with van der Waals surface area (Å²) in [5.41, 5.74) is 7.50. The number of nitrogens with zero attached hydrogens (tertiary/aromatic N) is 2.